The minimum absolute atomic E-state index is 0.238. The molecule has 0 saturated carbocycles. The van der Waals surface area contributed by atoms with Crippen molar-refractivity contribution < 1.29 is 4.79 Å². The number of anilines is 1. The van der Waals surface area contributed by atoms with Gasteiger partial charge in [-0.1, -0.05) is 23.2 Å². The highest BCUT2D eigenvalue weighted by atomic mass is 35.5. The molecule has 0 aliphatic carbocycles. The minimum Gasteiger partial charge on any atom is -0.311 e. The summed E-state index contributed by atoms with van der Waals surface area (Å²) in [4.78, 5) is 13.7. The van der Waals surface area contributed by atoms with Crippen LogP contribution in [0.5, 0.6) is 0 Å². The predicted molar refractivity (Wildman–Crippen MR) is 78.2 cm³/mol. The van der Waals surface area contributed by atoms with Crippen LogP contribution in [0.15, 0.2) is 30.3 Å². The third kappa shape index (κ3) is 2.90. The first-order chi connectivity index (χ1) is 9.02. The maximum absolute atomic E-state index is 12.3. The van der Waals surface area contributed by atoms with Crippen molar-refractivity contribution in [3.63, 3.8) is 0 Å². The van der Waals surface area contributed by atoms with Crippen molar-refractivity contribution in [3.05, 3.63) is 50.1 Å². The summed E-state index contributed by atoms with van der Waals surface area (Å²) >= 11 is 12.9. The fourth-order valence-electron chi connectivity index (χ4n) is 1.54. The van der Waals surface area contributed by atoms with E-state index in [1.807, 2.05) is 6.07 Å². The summed E-state index contributed by atoms with van der Waals surface area (Å²) in [6, 6.07) is 10.3. The Balaban J connectivity index is 2.28. The van der Waals surface area contributed by atoms with Gasteiger partial charge in [0.15, 0.2) is 0 Å². The van der Waals surface area contributed by atoms with Crippen LogP contribution >= 0.6 is 34.5 Å². The molecule has 0 aliphatic heterocycles. The van der Waals surface area contributed by atoms with Gasteiger partial charge in [-0.3, -0.25) is 4.79 Å². The monoisotopic (exact) mass is 310 g/mol. The van der Waals surface area contributed by atoms with E-state index in [9.17, 15) is 4.79 Å². The van der Waals surface area contributed by atoms with Crippen molar-refractivity contribution >= 4 is 46.1 Å². The van der Waals surface area contributed by atoms with Crippen LogP contribution < -0.4 is 4.90 Å². The molecule has 0 N–H and O–H groups in total. The van der Waals surface area contributed by atoms with Crippen molar-refractivity contribution in [3.8, 4) is 6.07 Å². The maximum Gasteiger partial charge on any atom is 0.260 e. The number of benzene rings is 1. The highest BCUT2D eigenvalue weighted by molar-refractivity contribution is 7.20. The molecule has 0 bridgehead atoms. The lowest BCUT2D eigenvalue weighted by atomic mass is 10.2. The molecule has 0 radical (unpaired) electrons. The number of hydrogen-bond acceptors (Lipinski definition) is 3. The van der Waals surface area contributed by atoms with Crippen molar-refractivity contribution in [1.29, 1.82) is 5.26 Å². The van der Waals surface area contributed by atoms with Crippen LogP contribution in [-0.4, -0.2) is 13.0 Å². The second kappa shape index (κ2) is 5.62. The molecular weight excluding hydrogens is 303 g/mol. The van der Waals surface area contributed by atoms with E-state index < -0.39 is 0 Å². The zero-order valence-electron chi connectivity index (χ0n) is 9.85. The Morgan fingerprint density at radius 2 is 1.95 bits per heavy atom. The molecule has 0 atom stereocenters. The second-order valence-electron chi connectivity index (χ2n) is 3.76. The van der Waals surface area contributed by atoms with Crippen LogP contribution in [0.3, 0.4) is 0 Å². The number of halogens is 2. The van der Waals surface area contributed by atoms with Crippen LogP contribution in [0, 0.1) is 11.3 Å². The van der Waals surface area contributed by atoms with E-state index in [2.05, 4.69) is 0 Å². The van der Waals surface area contributed by atoms with Gasteiger partial charge in [0.2, 0.25) is 0 Å². The first kappa shape index (κ1) is 13.9. The van der Waals surface area contributed by atoms with Gasteiger partial charge in [-0.15, -0.1) is 11.3 Å². The van der Waals surface area contributed by atoms with Crippen LogP contribution in [0.2, 0.25) is 8.67 Å². The molecule has 0 fully saturated rings. The lowest BCUT2D eigenvalue weighted by Gasteiger charge is -2.16. The lowest BCUT2D eigenvalue weighted by Crippen LogP contribution is -2.25. The summed E-state index contributed by atoms with van der Waals surface area (Å²) in [5.41, 5.74) is 1.60. The Morgan fingerprint density at radius 1 is 1.32 bits per heavy atom. The quantitative estimate of drug-likeness (QED) is 0.834. The van der Waals surface area contributed by atoms with Crippen molar-refractivity contribution in [2.24, 2.45) is 0 Å². The number of nitrogens with zero attached hydrogens (tertiary/aromatic N) is 2. The van der Waals surface area contributed by atoms with Crippen LogP contribution in [0.4, 0.5) is 5.69 Å². The molecule has 19 heavy (non-hydrogen) atoms. The molecule has 1 amide bonds. The largest absolute Gasteiger partial charge is 0.311 e. The Bertz CT molecular complexity index is 658. The smallest absolute Gasteiger partial charge is 0.260 e. The lowest BCUT2D eigenvalue weighted by molar-refractivity contribution is 0.0993. The summed E-state index contributed by atoms with van der Waals surface area (Å²) in [5, 5.41) is 8.73. The molecule has 1 aromatic heterocycles. The van der Waals surface area contributed by atoms with Crippen molar-refractivity contribution in [2.45, 2.75) is 0 Å². The summed E-state index contributed by atoms with van der Waals surface area (Å²) in [6.07, 6.45) is 0. The second-order valence-corrected chi connectivity index (χ2v) is 6.05. The topological polar surface area (TPSA) is 44.1 Å². The van der Waals surface area contributed by atoms with E-state index in [1.165, 1.54) is 4.90 Å². The van der Waals surface area contributed by atoms with E-state index >= 15 is 0 Å². The molecule has 3 nitrogen and oxygen atoms in total. The summed E-state index contributed by atoms with van der Waals surface area (Å²) in [7, 11) is 1.64. The Morgan fingerprint density at radius 3 is 2.42 bits per heavy atom. The van der Waals surface area contributed by atoms with E-state index in [0.29, 0.717) is 25.5 Å². The zero-order valence-corrected chi connectivity index (χ0v) is 12.2. The molecule has 0 aliphatic rings. The molecule has 2 rings (SSSR count). The SMILES string of the molecule is CN(C(=O)c1cc(Cl)sc1Cl)c1ccc(C#N)cc1. The molecule has 1 aromatic carbocycles. The van der Waals surface area contributed by atoms with Crippen molar-refractivity contribution in [1.82, 2.24) is 0 Å². The number of nitriles is 1. The number of carbonyl (C=O) groups excluding carboxylic acids is 1. The van der Waals surface area contributed by atoms with Gasteiger partial charge in [-0.2, -0.15) is 5.26 Å². The standard InChI is InChI=1S/C13H8Cl2N2OS/c1-17(9-4-2-8(7-16)3-5-9)13(18)10-6-11(14)19-12(10)15/h2-6H,1H3. The van der Waals surface area contributed by atoms with Crippen LogP contribution in [-0.2, 0) is 0 Å². The fourth-order valence-corrected chi connectivity index (χ4v) is 2.99. The van der Waals surface area contributed by atoms with Gasteiger partial charge in [-0.05, 0) is 30.3 Å². The average molecular weight is 311 g/mol. The van der Waals surface area contributed by atoms with Gasteiger partial charge in [0.25, 0.3) is 5.91 Å². The molecule has 0 unspecified atom stereocenters. The number of carbonyl (C=O) groups is 1. The van der Waals surface area contributed by atoms with Crippen molar-refractivity contribution in [2.75, 3.05) is 11.9 Å². The summed E-state index contributed by atoms with van der Waals surface area (Å²) in [6.45, 7) is 0. The van der Waals surface area contributed by atoms with Gasteiger partial charge in [0, 0.05) is 12.7 Å². The molecule has 2 aromatic rings. The number of hydrogen-bond donors (Lipinski definition) is 0. The fraction of sp³-hybridized carbons (Fsp3) is 0.0769. The van der Waals surface area contributed by atoms with Crippen LogP contribution in [0.25, 0.3) is 0 Å². The molecular formula is C13H8Cl2N2OS. The highest BCUT2D eigenvalue weighted by Crippen LogP contribution is 2.32. The van der Waals surface area contributed by atoms with Gasteiger partial charge < -0.3 is 4.90 Å². The van der Waals surface area contributed by atoms with E-state index in [1.54, 1.807) is 37.4 Å². The Kier molecular flexibility index (Phi) is 4.11. The third-order valence-corrected chi connectivity index (χ3v) is 4.06. The van der Waals surface area contributed by atoms with Crippen LogP contribution in [0.1, 0.15) is 15.9 Å². The average Bonchev–Trinajstić information content (AvgIpc) is 2.76. The first-order valence-corrected chi connectivity index (χ1v) is 6.83. The van der Waals surface area contributed by atoms with E-state index in [-0.39, 0.29) is 5.91 Å². The van der Waals surface area contributed by atoms with E-state index in [4.69, 9.17) is 28.5 Å². The first-order valence-electron chi connectivity index (χ1n) is 5.26. The molecule has 0 saturated heterocycles. The third-order valence-electron chi connectivity index (χ3n) is 2.58. The molecule has 0 spiro atoms. The molecule has 6 heteroatoms. The molecule has 1 heterocycles. The zero-order chi connectivity index (χ0) is 14.0. The summed E-state index contributed by atoms with van der Waals surface area (Å²) in [5.74, 6) is -0.238. The predicted octanol–water partition coefficient (Wildman–Crippen LogP) is 4.20. The highest BCUT2D eigenvalue weighted by Gasteiger charge is 2.19. The normalized spacial score (nSPS) is 10.0. The van der Waals surface area contributed by atoms with Gasteiger partial charge >= 0.3 is 0 Å². The minimum atomic E-state index is -0.238. The summed E-state index contributed by atoms with van der Waals surface area (Å²) < 4.78 is 0.845. The van der Waals surface area contributed by atoms with E-state index in [0.717, 1.165) is 11.3 Å². The van der Waals surface area contributed by atoms with Gasteiger partial charge in [0.05, 0.1) is 21.5 Å². The maximum atomic E-state index is 12.3. The number of amides is 1. The Hall–Kier alpha value is -1.54. The van der Waals surface area contributed by atoms with Gasteiger partial charge in [-0.25, -0.2) is 0 Å². The number of rotatable bonds is 2. The Labute approximate surface area is 124 Å². The number of thiophene rings is 1. The molecule has 96 valence electrons. The van der Waals surface area contributed by atoms with Gasteiger partial charge in [0.1, 0.15) is 4.34 Å².